The van der Waals surface area contributed by atoms with E-state index < -0.39 is 10.5 Å². The first-order chi connectivity index (χ1) is 8.60. The number of hydrogen-bond donors (Lipinski definition) is 0. The molecule has 1 spiro atoms. The second-order valence-electron chi connectivity index (χ2n) is 5.11. The zero-order valence-electron chi connectivity index (χ0n) is 10.5. The maximum Gasteiger partial charge on any atom is 0.322 e. The lowest BCUT2D eigenvalue weighted by Crippen LogP contribution is -2.46. The lowest BCUT2D eigenvalue weighted by Gasteiger charge is -2.35. The molecule has 2 bridgehead atoms. The standard InChI is InChI=1S/C12H17BrO4S/c1-15-10(14)12(18-2)7-6-11(16-3-4-17-11)9(12)5-8(7)13/h7-9H,3-6H2,1-2H3/t7-,8-,9+,12-/m0/s1. The smallest absolute Gasteiger partial charge is 0.322 e. The van der Waals surface area contributed by atoms with Gasteiger partial charge in [0.15, 0.2) is 5.79 Å². The normalized spacial score (nSPS) is 44.7. The van der Waals surface area contributed by atoms with Crippen LogP contribution in [0.5, 0.6) is 0 Å². The number of ether oxygens (including phenoxy) is 3. The predicted molar refractivity (Wildman–Crippen MR) is 71.8 cm³/mol. The number of halogens is 1. The van der Waals surface area contributed by atoms with Gasteiger partial charge in [0.1, 0.15) is 4.75 Å². The number of rotatable bonds is 2. The first kappa shape index (κ1) is 13.2. The molecule has 0 aromatic heterocycles. The van der Waals surface area contributed by atoms with Gasteiger partial charge in [0.05, 0.1) is 20.3 Å². The van der Waals surface area contributed by atoms with Gasteiger partial charge in [-0.15, -0.1) is 11.8 Å². The summed E-state index contributed by atoms with van der Waals surface area (Å²) in [5.74, 6) is -0.401. The highest BCUT2D eigenvalue weighted by Gasteiger charge is 2.74. The number of methoxy groups -OCH3 is 1. The SMILES string of the molecule is COC(=O)[C@@]1(SC)[C@@H]2C[C@H](Br)[C@@H]1CC21OCCO1. The van der Waals surface area contributed by atoms with Crippen LogP contribution in [0.25, 0.3) is 0 Å². The van der Waals surface area contributed by atoms with Crippen molar-refractivity contribution in [1.82, 2.24) is 0 Å². The molecular weight excluding hydrogens is 320 g/mol. The van der Waals surface area contributed by atoms with Crippen molar-refractivity contribution < 1.29 is 19.0 Å². The molecule has 2 aliphatic carbocycles. The van der Waals surface area contributed by atoms with Crippen LogP contribution in [0.1, 0.15) is 12.8 Å². The van der Waals surface area contributed by atoms with Gasteiger partial charge in [-0.3, -0.25) is 4.79 Å². The topological polar surface area (TPSA) is 44.8 Å². The molecule has 1 heterocycles. The van der Waals surface area contributed by atoms with Gasteiger partial charge in [0.25, 0.3) is 0 Å². The summed E-state index contributed by atoms with van der Waals surface area (Å²) in [5.41, 5.74) is 0. The van der Waals surface area contributed by atoms with Gasteiger partial charge >= 0.3 is 5.97 Å². The van der Waals surface area contributed by atoms with E-state index in [4.69, 9.17) is 14.2 Å². The van der Waals surface area contributed by atoms with Crippen LogP contribution in [0.2, 0.25) is 0 Å². The molecule has 4 atom stereocenters. The number of thioether (sulfide) groups is 1. The first-order valence-corrected chi connectivity index (χ1v) is 8.30. The number of carbonyl (C=O) groups excluding carboxylic acids is 1. The molecule has 0 N–H and O–H groups in total. The molecule has 6 heteroatoms. The second-order valence-corrected chi connectivity index (χ2v) is 7.37. The summed E-state index contributed by atoms with van der Waals surface area (Å²) in [7, 11) is 1.46. The highest BCUT2D eigenvalue weighted by atomic mass is 79.9. The molecule has 102 valence electrons. The second kappa shape index (κ2) is 4.36. The van der Waals surface area contributed by atoms with Gasteiger partial charge in [-0.05, 0) is 12.7 Å². The molecule has 0 aromatic carbocycles. The van der Waals surface area contributed by atoms with Crippen LogP contribution in [-0.4, -0.2) is 47.9 Å². The fraction of sp³-hybridized carbons (Fsp3) is 0.917. The number of hydrogen-bond acceptors (Lipinski definition) is 5. The molecule has 1 aliphatic heterocycles. The number of esters is 1. The van der Waals surface area contributed by atoms with E-state index >= 15 is 0 Å². The molecule has 3 aliphatic rings. The highest BCUT2D eigenvalue weighted by molar-refractivity contribution is 9.09. The van der Waals surface area contributed by atoms with Crippen LogP contribution in [0.4, 0.5) is 0 Å². The van der Waals surface area contributed by atoms with Crippen molar-refractivity contribution in [2.24, 2.45) is 11.8 Å². The first-order valence-electron chi connectivity index (χ1n) is 6.16. The average Bonchev–Trinajstić information content (AvgIpc) is 3.02. The largest absolute Gasteiger partial charge is 0.468 e. The fourth-order valence-corrected chi connectivity index (χ4v) is 6.46. The van der Waals surface area contributed by atoms with Crippen molar-refractivity contribution in [2.75, 3.05) is 26.6 Å². The monoisotopic (exact) mass is 336 g/mol. The molecule has 3 rings (SSSR count). The summed E-state index contributed by atoms with van der Waals surface area (Å²) >= 11 is 5.30. The van der Waals surface area contributed by atoms with E-state index in [1.165, 1.54) is 7.11 Å². The Bertz CT molecular complexity index is 371. The Kier molecular flexibility index (Phi) is 3.20. The zero-order valence-corrected chi connectivity index (χ0v) is 12.9. The molecule has 0 radical (unpaired) electrons. The summed E-state index contributed by atoms with van der Waals surface area (Å²) in [5, 5.41) is 0. The summed E-state index contributed by atoms with van der Waals surface area (Å²) < 4.78 is 16.3. The van der Waals surface area contributed by atoms with Crippen molar-refractivity contribution in [3.05, 3.63) is 0 Å². The lowest BCUT2D eigenvalue weighted by molar-refractivity contribution is -0.193. The lowest BCUT2D eigenvalue weighted by atomic mass is 9.92. The van der Waals surface area contributed by atoms with Crippen LogP contribution < -0.4 is 0 Å². The van der Waals surface area contributed by atoms with Gasteiger partial charge in [-0.2, -0.15) is 0 Å². The Morgan fingerprint density at radius 1 is 1.44 bits per heavy atom. The van der Waals surface area contributed by atoms with Crippen LogP contribution in [0.15, 0.2) is 0 Å². The molecule has 2 saturated carbocycles. The van der Waals surface area contributed by atoms with E-state index in [1.807, 2.05) is 6.26 Å². The summed E-state index contributed by atoms with van der Waals surface area (Å²) in [6, 6.07) is 0. The van der Waals surface area contributed by atoms with E-state index in [-0.39, 0.29) is 17.8 Å². The molecule has 0 amide bonds. The Labute approximate surface area is 119 Å². The third-order valence-electron chi connectivity index (χ3n) is 4.62. The maximum atomic E-state index is 12.3. The highest BCUT2D eigenvalue weighted by Crippen LogP contribution is 2.66. The number of carbonyl (C=O) groups is 1. The van der Waals surface area contributed by atoms with Crippen LogP contribution in [0.3, 0.4) is 0 Å². The molecule has 0 aromatic rings. The maximum absolute atomic E-state index is 12.3. The molecular formula is C12H17BrO4S. The van der Waals surface area contributed by atoms with E-state index in [0.29, 0.717) is 18.0 Å². The predicted octanol–water partition coefficient (Wildman–Crippen LogP) is 1.81. The Morgan fingerprint density at radius 3 is 2.67 bits per heavy atom. The van der Waals surface area contributed by atoms with Gasteiger partial charge in [-0.1, -0.05) is 15.9 Å². The fourth-order valence-electron chi connectivity index (χ4n) is 3.95. The van der Waals surface area contributed by atoms with Crippen LogP contribution >= 0.6 is 27.7 Å². The van der Waals surface area contributed by atoms with Crippen molar-refractivity contribution >= 4 is 33.7 Å². The third kappa shape index (κ3) is 1.43. The molecule has 4 nitrogen and oxygen atoms in total. The molecule has 3 fully saturated rings. The van der Waals surface area contributed by atoms with E-state index in [1.54, 1.807) is 11.8 Å². The molecule has 0 unspecified atom stereocenters. The van der Waals surface area contributed by atoms with Crippen molar-refractivity contribution in [3.8, 4) is 0 Å². The average molecular weight is 337 g/mol. The van der Waals surface area contributed by atoms with E-state index in [9.17, 15) is 4.79 Å². The van der Waals surface area contributed by atoms with Crippen molar-refractivity contribution in [2.45, 2.75) is 28.2 Å². The Morgan fingerprint density at radius 2 is 2.11 bits per heavy atom. The summed E-state index contributed by atoms with van der Waals surface area (Å²) in [6.45, 7) is 1.25. The summed E-state index contributed by atoms with van der Waals surface area (Å²) in [6.07, 6.45) is 3.67. The van der Waals surface area contributed by atoms with Gasteiger partial charge < -0.3 is 14.2 Å². The third-order valence-corrected chi connectivity index (χ3v) is 7.06. The zero-order chi connectivity index (χ0) is 13.0. The van der Waals surface area contributed by atoms with E-state index in [2.05, 4.69) is 15.9 Å². The number of fused-ring (bicyclic) bond motifs is 3. The van der Waals surface area contributed by atoms with Gasteiger partial charge in [0.2, 0.25) is 0 Å². The van der Waals surface area contributed by atoms with E-state index in [0.717, 1.165) is 12.8 Å². The molecule has 18 heavy (non-hydrogen) atoms. The quantitative estimate of drug-likeness (QED) is 0.568. The summed E-state index contributed by atoms with van der Waals surface area (Å²) in [4.78, 5) is 12.7. The minimum atomic E-state index is -0.549. The molecule has 1 saturated heterocycles. The number of alkyl halides is 1. The Balaban J connectivity index is 2.02. The minimum absolute atomic E-state index is 0.0734. The van der Waals surface area contributed by atoms with Crippen molar-refractivity contribution in [1.29, 1.82) is 0 Å². The Hall–Kier alpha value is 0.220. The van der Waals surface area contributed by atoms with Gasteiger partial charge in [-0.25, -0.2) is 0 Å². The van der Waals surface area contributed by atoms with Crippen LogP contribution in [-0.2, 0) is 19.0 Å². The van der Waals surface area contributed by atoms with Crippen LogP contribution in [0, 0.1) is 11.8 Å². The van der Waals surface area contributed by atoms with Crippen molar-refractivity contribution in [3.63, 3.8) is 0 Å². The minimum Gasteiger partial charge on any atom is -0.468 e. The van der Waals surface area contributed by atoms with Gasteiger partial charge in [0, 0.05) is 23.1 Å².